The Morgan fingerprint density at radius 3 is 2.38 bits per heavy atom. The number of alkyl halides is 3. The van der Waals surface area contributed by atoms with E-state index < -0.39 is 29.2 Å². The van der Waals surface area contributed by atoms with Crippen LogP contribution in [0.15, 0.2) is 48.5 Å². The van der Waals surface area contributed by atoms with Gasteiger partial charge in [-0.15, -0.1) is 0 Å². The summed E-state index contributed by atoms with van der Waals surface area (Å²) in [7, 11) is 0. The number of benzene rings is 2. The molecular weight excluding hydrogens is 349 g/mol. The average Bonchev–Trinajstić information content (AvgIpc) is 2.57. The fraction of sp³-hybridized carbons (Fsp3) is 0.316. The lowest BCUT2D eigenvalue weighted by Gasteiger charge is -2.42. The predicted molar refractivity (Wildman–Crippen MR) is 86.5 cm³/mol. The van der Waals surface area contributed by atoms with E-state index in [4.69, 9.17) is 9.84 Å². The summed E-state index contributed by atoms with van der Waals surface area (Å²) in [5.74, 6) is -1.74. The van der Waals surface area contributed by atoms with Crippen LogP contribution in [0.5, 0.6) is 5.75 Å². The molecular formula is C19H17F3O4. The monoisotopic (exact) mass is 366 g/mol. The van der Waals surface area contributed by atoms with Gasteiger partial charge in [0.25, 0.3) is 0 Å². The summed E-state index contributed by atoms with van der Waals surface area (Å²) in [5.41, 5.74) is -1.76. The van der Waals surface area contributed by atoms with E-state index >= 15 is 0 Å². The maximum atomic E-state index is 13.0. The predicted octanol–water partition coefficient (Wildman–Crippen LogP) is 3.97. The van der Waals surface area contributed by atoms with Gasteiger partial charge in [0, 0.05) is 5.56 Å². The lowest BCUT2D eigenvalue weighted by atomic mass is 9.67. The van der Waals surface area contributed by atoms with Gasteiger partial charge >= 0.3 is 12.1 Å². The molecule has 7 heteroatoms. The first-order chi connectivity index (χ1) is 12.2. The van der Waals surface area contributed by atoms with Crippen molar-refractivity contribution in [3.05, 3.63) is 65.2 Å². The molecule has 0 unspecified atom stereocenters. The Balaban J connectivity index is 1.90. The SMILES string of the molecule is O=C(O)C1CC(O)(c2cc(C(F)(F)F)ccc2OCc2ccccc2)C1. The zero-order chi connectivity index (χ0) is 18.9. The summed E-state index contributed by atoms with van der Waals surface area (Å²) in [6, 6.07) is 12.0. The molecule has 1 saturated carbocycles. The van der Waals surface area contributed by atoms with Crippen molar-refractivity contribution in [1.29, 1.82) is 0 Å². The maximum absolute atomic E-state index is 13.0. The number of ether oxygens (including phenoxy) is 1. The van der Waals surface area contributed by atoms with Crippen molar-refractivity contribution in [3.8, 4) is 5.75 Å². The van der Waals surface area contributed by atoms with E-state index in [-0.39, 0.29) is 30.8 Å². The quantitative estimate of drug-likeness (QED) is 0.840. The molecule has 3 rings (SSSR count). The average molecular weight is 366 g/mol. The molecule has 26 heavy (non-hydrogen) atoms. The molecule has 4 nitrogen and oxygen atoms in total. The van der Waals surface area contributed by atoms with E-state index in [1.807, 2.05) is 30.3 Å². The van der Waals surface area contributed by atoms with Gasteiger partial charge < -0.3 is 14.9 Å². The first-order valence-electron chi connectivity index (χ1n) is 8.03. The van der Waals surface area contributed by atoms with E-state index in [1.54, 1.807) is 0 Å². The zero-order valence-electron chi connectivity index (χ0n) is 13.7. The van der Waals surface area contributed by atoms with Crippen LogP contribution in [0.4, 0.5) is 13.2 Å². The number of halogens is 3. The lowest BCUT2D eigenvalue weighted by molar-refractivity contribution is -0.160. The highest BCUT2D eigenvalue weighted by Crippen LogP contribution is 2.49. The number of hydrogen-bond acceptors (Lipinski definition) is 3. The Morgan fingerprint density at radius 1 is 1.15 bits per heavy atom. The first-order valence-corrected chi connectivity index (χ1v) is 8.03. The molecule has 1 aliphatic rings. The van der Waals surface area contributed by atoms with Gasteiger partial charge in [0.2, 0.25) is 0 Å². The third-order valence-corrected chi connectivity index (χ3v) is 4.56. The van der Waals surface area contributed by atoms with Crippen molar-refractivity contribution in [1.82, 2.24) is 0 Å². The molecule has 138 valence electrons. The Labute approximate surface area is 147 Å². The normalized spacial score (nSPS) is 22.5. The van der Waals surface area contributed by atoms with Crippen LogP contribution in [0.3, 0.4) is 0 Å². The van der Waals surface area contributed by atoms with Gasteiger partial charge in [-0.2, -0.15) is 13.2 Å². The van der Waals surface area contributed by atoms with E-state index in [1.165, 1.54) is 6.07 Å². The number of hydrogen-bond donors (Lipinski definition) is 2. The molecule has 2 aromatic carbocycles. The van der Waals surface area contributed by atoms with E-state index in [9.17, 15) is 23.1 Å². The Bertz CT molecular complexity index is 796. The van der Waals surface area contributed by atoms with Crippen LogP contribution >= 0.6 is 0 Å². The summed E-state index contributed by atoms with van der Waals surface area (Å²) < 4.78 is 44.8. The molecule has 2 N–H and O–H groups in total. The number of aliphatic carboxylic acids is 1. The van der Waals surface area contributed by atoms with Crippen molar-refractivity contribution in [2.24, 2.45) is 5.92 Å². The van der Waals surface area contributed by atoms with Crippen molar-refractivity contribution < 1.29 is 32.9 Å². The summed E-state index contributed by atoms with van der Waals surface area (Å²) in [6.07, 6.45) is -4.87. The standard InChI is InChI=1S/C19H17F3O4/c20-19(21,22)14-6-7-16(26-11-12-4-2-1-3-5-12)15(8-14)18(25)9-13(10-18)17(23)24/h1-8,13,25H,9-11H2,(H,23,24). The van der Waals surface area contributed by atoms with Crippen molar-refractivity contribution in [2.45, 2.75) is 31.2 Å². The number of rotatable bonds is 5. The minimum Gasteiger partial charge on any atom is -0.489 e. The molecule has 2 aromatic rings. The Kier molecular flexibility index (Phi) is 4.66. The Morgan fingerprint density at radius 2 is 1.81 bits per heavy atom. The van der Waals surface area contributed by atoms with Gasteiger partial charge in [-0.05, 0) is 36.6 Å². The van der Waals surface area contributed by atoms with E-state index in [2.05, 4.69) is 0 Å². The lowest BCUT2D eigenvalue weighted by Crippen LogP contribution is -2.44. The number of aliphatic hydroxyl groups is 1. The maximum Gasteiger partial charge on any atom is 0.416 e. The molecule has 0 heterocycles. The Hall–Kier alpha value is -2.54. The second-order valence-electron chi connectivity index (χ2n) is 6.46. The summed E-state index contributed by atoms with van der Waals surface area (Å²) in [4.78, 5) is 11.0. The molecule has 0 aliphatic heterocycles. The van der Waals surface area contributed by atoms with Gasteiger partial charge in [0.1, 0.15) is 12.4 Å². The van der Waals surface area contributed by atoms with Gasteiger partial charge in [0.05, 0.1) is 17.1 Å². The van der Waals surface area contributed by atoms with E-state index in [0.717, 1.165) is 17.7 Å². The zero-order valence-corrected chi connectivity index (χ0v) is 13.7. The van der Waals surface area contributed by atoms with Gasteiger partial charge in [-0.1, -0.05) is 30.3 Å². The number of carboxylic acid groups (broad SMARTS) is 1. The van der Waals surface area contributed by atoms with Crippen molar-refractivity contribution in [2.75, 3.05) is 0 Å². The van der Waals surface area contributed by atoms with Crippen LogP contribution in [0.25, 0.3) is 0 Å². The summed E-state index contributed by atoms with van der Waals surface area (Å²) in [5, 5.41) is 19.7. The summed E-state index contributed by atoms with van der Waals surface area (Å²) >= 11 is 0. The van der Waals surface area contributed by atoms with Crippen LogP contribution in [0.1, 0.15) is 29.5 Å². The molecule has 0 spiro atoms. The minimum atomic E-state index is -4.57. The molecule has 0 aromatic heterocycles. The fourth-order valence-electron chi connectivity index (χ4n) is 3.08. The second-order valence-corrected chi connectivity index (χ2v) is 6.46. The van der Waals surface area contributed by atoms with Gasteiger partial charge in [-0.3, -0.25) is 4.79 Å². The minimum absolute atomic E-state index is 0.0271. The molecule has 0 radical (unpaired) electrons. The first kappa shape index (κ1) is 18.3. The van der Waals surface area contributed by atoms with Crippen LogP contribution < -0.4 is 4.74 Å². The molecule has 1 fully saturated rings. The summed E-state index contributed by atoms with van der Waals surface area (Å²) in [6.45, 7) is 0.123. The highest BCUT2D eigenvalue weighted by Gasteiger charge is 2.49. The van der Waals surface area contributed by atoms with Crippen molar-refractivity contribution in [3.63, 3.8) is 0 Å². The molecule has 0 amide bonds. The van der Waals surface area contributed by atoms with Gasteiger partial charge in [0.15, 0.2) is 0 Å². The van der Waals surface area contributed by atoms with Crippen LogP contribution in [0, 0.1) is 5.92 Å². The second kappa shape index (κ2) is 6.64. The van der Waals surface area contributed by atoms with Crippen LogP contribution in [0.2, 0.25) is 0 Å². The highest BCUT2D eigenvalue weighted by molar-refractivity contribution is 5.72. The molecule has 1 aliphatic carbocycles. The highest BCUT2D eigenvalue weighted by atomic mass is 19.4. The smallest absolute Gasteiger partial charge is 0.416 e. The van der Waals surface area contributed by atoms with E-state index in [0.29, 0.717) is 0 Å². The van der Waals surface area contributed by atoms with Crippen LogP contribution in [-0.2, 0) is 23.2 Å². The van der Waals surface area contributed by atoms with Gasteiger partial charge in [-0.25, -0.2) is 0 Å². The van der Waals surface area contributed by atoms with Crippen molar-refractivity contribution >= 4 is 5.97 Å². The molecule has 0 saturated heterocycles. The fourth-order valence-corrected chi connectivity index (χ4v) is 3.08. The number of carbonyl (C=O) groups is 1. The largest absolute Gasteiger partial charge is 0.489 e. The molecule has 0 atom stereocenters. The third kappa shape index (κ3) is 3.67. The van der Waals surface area contributed by atoms with Crippen LogP contribution in [-0.4, -0.2) is 16.2 Å². The topological polar surface area (TPSA) is 66.8 Å². The third-order valence-electron chi connectivity index (χ3n) is 4.56. The molecule has 0 bridgehead atoms. The number of carboxylic acids is 1.